The monoisotopic (exact) mass is 374 g/mol. The normalized spacial score (nSPS) is 19.4. The summed E-state index contributed by atoms with van der Waals surface area (Å²) in [4.78, 5) is 11.9. The Morgan fingerprint density at radius 1 is 1.22 bits per heavy atom. The van der Waals surface area contributed by atoms with Crippen molar-refractivity contribution >= 4 is 5.91 Å². The van der Waals surface area contributed by atoms with E-state index in [9.17, 15) is 14.3 Å². The number of hydrogen-bond donors (Lipinski definition) is 3. The number of piperidine rings is 1. The van der Waals surface area contributed by atoms with E-state index in [0.717, 1.165) is 5.56 Å². The molecule has 6 nitrogen and oxygen atoms in total. The fourth-order valence-corrected chi connectivity index (χ4v) is 3.28. The van der Waals surface area contributed by atoms with Crippen molar-refractivity contribution in [1.82, 2.24) is 10.6 Å². The molecule has 0 aromatic heterocycles. The largest absolute Gasteiger partial charge is 0.504 e. The lowest BCUT2D eigenvalue weighted by Crippen LogP contribution is -2.48. The van der Waals surface area contributed by atoms with Gasteiger partial charge in [0.1, 0.15) is 11.6 Å². The Labute approximate surface area is 157 Å². The highest BCUT2D eigenvalue weighted by Crippen LogP contribution is 2.30. The van der Waals surface area contributed by atoms with E-state index in [0.29, 0.717) is 36.4 Å². The standard InChI is InChI=1S/C20H23FN2O4/c1-26-13-4-5-15(21)14(10-13)20-16(6-8-19(25)23-20)22-11-12-3-7-17(24)18(9-12)27-2/h3-5,7,9-10,16,20,22,24H,6,8,11H2,1-2H3,(H,23,25)/t16-,20+/m1/s1. The van der Waals surface area contributed by atoms with Crippen LogP contribution in [-0.2, 0) is 11.3 Å². The third-order valence-corrected chi connectivity index (χ3v) is 4.75. The quantitative estimate of drug-likeness (QED) is 0.724. The number of benzene rings is 2. The van der Waals surface area contributed by atoms with Gasteiger partial charge in [0.15, 0.2) is 11.5 Å². The van der Waals surface area contributed by atoms with Crippen LogP contribution in [0.5, 0.6) is 17.2 Å². The zero-order chi connectivity index (χ0) is 19.4. The average molecular weight is 374 g/mol. The van der Waals surface area contributed by atoms with Crippen LogP contribution < -0.4 is 20.1 Å². The zero-order valence-corrected chi connectivity index (χ0v) is 15.3. The molecule has 7 heteroatoms. The van der Waals surface area contributed by atoms with E-state index in [1.165, 1.54) is 20.3 Å². The molecule has 2 aromatic rings. The summed E-state index contributed by atoms with van der Waals surface area (Å²) in [5, 5.41) is 16.0. The molecular weight excluding hydrogens is 351 g/mol. The summed E-state index contributed by atoms with van der Waals surface area (Å²) in [5.74, 6) is 0.505. The minimum Gasteiger partial charge on any atom is -0.504 e. The van der Waals surface area contributed by atoms with Crippen LogP contribution in [0, 0.1) is 5.82 Å². The molecule has 1 aliphatic heterocycles. The first-order chi connectivity index (χ1) is 13.0. The molecule has 27 heavy (non-hydrogen) atoms. The Kier molecular flexibility index (Phi) is 5.81. The number of aromatic hydroxyl groups is 1. The summed E-state index contributed by atoms with van der Waals surface area (Å²) in [6, 6.07) is 8.95. The smallest absolute Gasteiger partial charge is 0.220 e. The molecule has 0 spiro atoms. The van der Waals surface area contributed by atoms with Crippen LogP contribution in [0.3, 0.4) is 0 Å². The highest BCUT2D eigenvalue weighted by Gasteiger charge is 2.31. The van der Waals surface area contributed by atoms with Crippen LogP contribution in [0.15, 0.2) is 36.4 Å². The van der Waals surface area contributed by atoms with E-state index in [1.807, 2.05) is 0 Å². The number of phenolic OH excluding ortho intramolecular Hbond substituents is 1. The highest BCUT2D eigenvalue weighted by atomic mass is 19.1. The number of ether oxygens (including phenoxy) is 2. The van der Waals surface area contributed by atoms with Crippen LogP contribution in [0.1, 0.15) is 30.0 Å². The van der Waals surface area contributed by atoms with Gasteiger partial charge < -0.3 is 25.2 Å². The fraction of sp³-hybridized carbons (Fsp3) is 0.350. The number of amides is 1. The van der Waals surface area contributed by atoms with Gasteiger partial charge in [0, 0.05) is 24.6 Å². The van der Waals surface area contributed by atoms with E-state index in [2.05, 4.69) is 10.6 Å². The minimum atomic E-state index is -0.500. The topological polar surface area (TPSA) is 79.8 Å². The van der Waals surface area contributed by atoms with Crippen LogP contribution in [-0.4, -0.2) is 31.3 Å². The van der Waals surface area contributed by atoms with Crippen molar-refractivity contribution in [3.05, 3.63) is 53.3 Å². The molecule has 0 unspecified atom stereocenters. The van der Waals surface area contributed by atoms with Gasteiger partial charge in [0.2, 0.25) is 5.91 Å². The SMILES string of the molecule is COc1ccc(F)c([C@@H]2NC(=O)CC[C@H]2NCc2ccc(O)c(OC)c2)c1. The van der Waals surface area contributed by atoms with Crippen LogP contribution in [0.4, 0.5) is 4.39 Å². The number of nitrogens with one attached hydrogen (secondary N) is 2. The number of halogens is 1. The summed E-state index contributed by atoms with van der Waals surface area (Å²) in [5.41, 5.74) is 1.30. The maximum atomic E-state index is 14.4. The van der Waals surface area contributed by atoms with Crippen LogP contribution in [0.25, 0.3) is 0 Å². The predicted octanol–water partition coefficient (Wildman–Crippen LogP) is 2.66. The Hall–Kier alpha value is -2.80. The second kappa shape index (κ2) is 8.26. The molecule has 1 fully saturated rings. The molecule has 2 atom stereocenters. The molecule has 0 radical (unpaired) electrons. The number of carbonyl (C=O) groups is 1. The molecule has 1 aliphatic rings. The van der Waals surface area contributed by atoms with Crippen LogP contribution in [0.2, 0.25) is 0 Å². The Balaban J connectivity index is 1.79. The van der Waals surface area contributed by atoms with Crippen molar-refractivity contribution in [3.8, 4) is 17.2 Å². The number of phenols is 1. The Morgan fingerprint density at radius 2 is 2.04 bits per heavy atom. The minimum absolute atomic E-state index is 0.0718. The van der Waals surface area contributed by atoms with Gasteiger partial charge in [-0.15, -0.1) is 0 Å². The molecule has 1 heterocycles. The summed E-state index contributed by atoms with van der Waals surface area (Å²) < 4.78 is 24.7. The lowest BCUT2D eigenvalue weighted by molar-refractivity contribution is -0.123. The maximum Gasteiger partial charge on any atom is 0.220 e. The molecule has 3 rings (SSSR count). The summed E-state index contributed by atoms with van der Waals surface area (Å²) in [6.07, 6.45) is 0.959. The second-order valence-corrected chi connectivity index (χ2v) is 6.46. The molecule has 1 amide bonds. The first-order valence-corrected chi connectivity index (χ1v) is 8.74. The van der Waals surface area contributed by atoms with Crippen molar-refractivity contribution in [2.75, 3.05) is 14.2 Å². The van der Waals surface area contributed by atoms with Gasteiger partial charge >= 0.3 is 0 Å². The van der Waals surface area contributed by atoms with Gasteiger partial charge in [-0.05, 0) is 42.3 Å². The van der Waals surface area contributed by atoms with Crippen molar-refractivity contribution in [2.24, 2.45) is 0 Å². The highest BCUT2D eigenvalue weighted by molar-refractivity contribution is 5.77. The lowest BCUT2D eigenvalue weighted by atomic mass is 9.91. The van der Waals surface area contributed by atoms with Crippen molar-refractivity contribution in [2.45, 2.75) is 31.5 Å². The Morgan fingerprint density at radius 3 is 2.78 bits per heavy atom. The molecule has 144 valence electrons. The van der Waals surface area contributed by atoms with Gasteiger partial charge in [0.25, 0.3) is 0 Å². The molecule has 3 N–H and O–H groups in total. The third kappa shape index (κ3) is 4.31. The summed E-state index contributed by atoms with van der Waals surface area (Å²) >= 11 is 0. The van der Waals surface area contributed by atoms with E-state index in [4.69, 9.17) is 9.47 Å². The maximum absolute atomic E-state index is 14.4. The first-order valence-electron chi connectivity index (χ1n) is 8.74. The summed E-state index contributed by atoms with van der Waals surface area (Å²) in [7, 11) is 3.01. The zero-order valence-electron chi connectivity index (χ0n) is 15.3. The molecular formula is C20H23FN2O4. The van der Waals surface area contributed by atoms with E-state index >= 15 is 0 Å². The average Bonchev–Trinajstić information content (AvgIpc) is 2.68. The number of methoxy groups -OCH3 is 2. The van der Waals surface area contributed by atoms with Gasteiger partial charge in [-0.1, -0.05) is 6.07 Å². The van der Waals surface area contributed by atoms with Gasteiger partial charge in [-0.3, -0.25) is 4.79 Å². The first kappa shape index (κ1) is 19.0. The van der Waals surface area contributed by atoms with Crippen molar-refractivity contribution in [3.63, 3.8) is 0 Å². The van der Waals surface area contributed by atoms with E-state index < -0.39 is 6.04 Å². The van der Waals surface area contributed by atoms with Gasteiger partial charge in [-0.2, -0.15) is 0 Å². The molecule has 0 saturated carbocycles. The summed E-state index contributed by atoms with van der Waals surface area (Å²) in [6.45, 7) is 0.485. The fourth-order valence-electron chi connectivity index (χ4n) is 3.28. The van der Waals surface area contributed by atoms with E-state index in [-0.39, 0.29) is 23.5 Å². The molecule has 1 saturated heterocycles. The van der Waals surface area contributed by atoms with Crippen LogP contribution >= 0.6 is 0 Å². The van der Waals surface area contributed by atoms with Crippen molar-refractivity contribution in [1.29, 1.82) is 0 Å². The Bertz CT molecular complexity index is 828. The molecule has 0 bridgehead atoms. The number of hydrogen-bond acceptors (Lipinski definition) is 5. The molecule has 0 aliphatic carbocycles. The number of carbonyl (C=O) groups excluding carboxylic acids is 1. The van der Waals surface area contributed by atoms with Gasteiger partial charge in [-0.25, -0.2) is 4.39 Å². The lowest BCUT2D eigenvalue weighted by Gasteiger charge is -2.33. The van der Waals surface area contributed by atoms with E-state index in [1.54, 1.807) is 30.3 Å². The molecule has 2 aromatic carbocycles. The third-order valence-electron chi connectivity index (χ3n) is 4.75. The number of rotatable bonds is 6. The van der Waals surface area contributed by atoms with Gasteiger partial charge in [0.05, 0.1) is 20.3 Å². The van der Waals surface area contributed by atoms with Crippen molar-refractivity contribution < 1.29 is 23.8 Å². The second-order valence-electron chi connectivity index (χ2n) is 6.46. The predicted molar refractivity (Wildman–Crippen MR) is 98.4 cm³/mol.